The van der Waals surface area contributed by atoms with E-state index in [9.17, 15) is 61.5 Å². The molecular weight excluding hydrogens is 999 g/mol. The van der Waals surface area contributed by atoms with Crippen molar-refractivity contribution in [3.63, 3.8) is 0 Å². The van der Waals surface area contributed by atoms with Crippen molar-refractivity contribution >= 4 is 44.2 Å². The summed E-state index contributed by atoms with van der Waals surface area (Å²) >= 11 is 0. The summed E-state index contributed by atoms with van der Waals surface area (Å²) in [4.78, 5) is 91.7. The first-order valence-corrected chi connectivity index (χ1v) is 21.1. The summed E-state index contributed by atoms with van der Waals surface area (Å²) in [5.74, 6) is -5.93. The summed E-state index contributed by atoms with van der Waals surface area (Å²) in [6.45, 7) is 3.56. The highest BCUT2D eigenvalue weighted by atomic mass is 16.8. The first-order valence-electron chi connectivity index (χ1n) is 21.1. The van der Waals surface area contributed by atoms with E-state index in [-0.39, 0.29) is 17.3 Å². The predicted molar refractivity (Wildman–Crippen MR) is 240 cm³/mol. The zero-order valence-corrected chi connectivity index (χ0v) is 39.2. The number of carbonyl (C=O) groups is 6. The second kappa shape index (κ2) is 29.9. The molecule has 403 valence electrons. The van der Waals surface area contributed by atoms with Crippen LogP contribution in [0.25, 0.3) is 62.7 Å². The Morgan fingerprint density at radius 2 is 0.797 bits per heavy atom. The van der Waals surface area contributed by atoms with E-state index >= 15 is 0 Å². The van der Waals surface area contributed by atoms with Crippen molar-refractivity contribution in [2.24, 2.45) is 30.7 Å². The van der Waals surface area contributed by atoms with Gasteiger partial charge in [-0.3, -0.25) is 28.8 Å². The molecule has 3 saturated heterocycles. The van der Waals surface area contributed by atoms with Crippen molar-refractivity contribution in [1.29, 1.82) is 0 Å². The highest BCUT2D eigenvalue weighted by Crippen LogP contribution is 2.40. The van der Waals surface area contributed by atoms with Crippen LogP contribution in [-0.4, -0.2) is 185 Å². The molecular formula is C36H52BN18O19. The van der Waals surface area contributed by atoms with Gasteiger partial charge in [0.25, 0.3) is 0 Å². The Balaban J connectivity index is 0.00000937. The molecule has 4 aliphatic rings. The van der Waals surface area contributed by atoms with E-state index in [1.54, 1.807) is 0 Å². The minimum absolute atomic E-state index is 0. The maximum Gasteiger partial charge on any atom is 0.303 e. The molecule has 0 bridgehead atoms. The lowest BCUT2D eigenvalue weighted by molar-refractivity contribution is -0.309. The number of carbonyl (C=O) groups excluding carboxylic acids is 6. The number of rotatable bonds is 21. The van der Waals surface area contributed by atoms with E-state index in [1.807, 2.05) is 0 Å². The molecule has 74 heavy (non-hydrogen) atoms. The van der Waals surface area contributed by atoms with Gasteiger partial charge in [0.05, 0.1) is 37.9 Å². The largest absolute Gasteiger partial charge is 0.459 e. The number of ether oxygens (including phenoxy) is 12. The fourth-order valence-corrected chi connectivity index (χ4v) is 8.27. The second-order valence-corrected chi connectivity index (χ2v) is 15.6. The van der Waals surface area contributed by atoms with Crippen LogP contribution in [0.3, 0.4) is 0 Å². The van der Waals surface area contributed by atoms with Crippen LogP contribution >= 0.6 is 0 Å². The first-order chi connectivity index (χ1) is 34.4. The quantitative estimate of drug-likeness (QED) is 0.0431. The third-order valence-electron chi connectivity index (χ3n) is 10.7. The lowest BCUT2D eigenvalue weighted by Gasteiger charge is -2.48. The molecule has 3 aliphatic heterocycles. The minimum atomic E-state index is -2.01. The summed E-state index contributed by atoms with van der Waals surface area (Å²) in [6, 6.07) is -6.62. The van der Waals surface area contributed by atoms with Crippen molar-refractivity contribution in [3.8, 4) is 0 Å². The smallest absolute Gasteiger partial charge is 0.303 e. The van der Waals surface area contributed by atoms with Crippen LogP contribution in [0.5, 0.6) is 0 Å². The summed E-state index contributed by atoms with van der Waals surface area (Å²) in [5, 5.41) is 32.5. The second-order valence-electron chi connectivity index (χ2n) is 15.6. The zero-order valence-electron chi connectivity index (χ0n) is 39.2. The van der Waals surface area contributed by atoms with E-state index in [1.165, 1.54) is 0 Å². The third-order valence-corrected chi connectivity index (χ3v) is 10.7. The molecule has 1 N–H and O–H groups in total. The Morgan fingerprint density at radius 1 is 0.459 bits per heavy atom. The number of aliphatic hydroxyl groups is 1. The summed E-state index contributed by atoms with van der Waals surface area (Å²) < 4.78 is 70.0. The SMILES string of the molecule is C.CC(=O)OC1[C@H](O[C@@H]2C(OC(C)=O)[C@H](N=[N+]=[N-])CC(N=[N+]=[N-])[C@H]2O[C@H]2OC(CN=[N+]=[N-])[C@@H](OC(C)=O)[C@H](OC(C)=O)C2N=[N+]=[N-])O[C@H](CO)[C@@H]1O[C@H]1O[C@@H](CN=[N+]=[N-])[C@@H](OC(C)=O)C(OC(C)=O)C1N=[N+]=[N-].[2HH].[B]. The lowest BCUT2D eigenvalue weighted by Crippen LogP contribution is -2.65. The van der Waals surface area contributed by atoms with Gasteiger partial charge in [0.15, 0.2) is 49.4 Å². The topological polar surface area (TPSA) is 526 Å². The molecule has 4 rings (SSSR count). The number of aliphatic hydroxyl groups excluding tert-OH is 1. The van der Waals surface area contributed by atoms with Crippen molar-refractivity contribution in [1.82, 2.24) is 0 Å². The van der Waals surface area contributed by atoms with E-state index in [2.05, 4.69) is 60.2 Å². The van der Waals surface area contributed by atoms with E-state index in [4.69, 9.17) is 62.4 Å². The molecule has 3 radical (unpaired) electrons. The first kappa shape index (κ1) is 62.6. The van der Waals surface area contributed by atoms with Crippen LogP contribution in [-0.2, 0) is 85.6 Å². The maximum atomic E-state index is 12.9. The molecule has 0 aromatic heterocycles. The van der Waals surface area contributed by atoms with Crippen molar-refractivity contribution in [2.75, 3.05) is 19.7 Å². The Labute approximate surface area is 420 Å². The van der Waals surface area contributed by atoms with Gasteiger partial charge in [-0.25, -0.2) is 0 Å². The van der Waals surface area contributed by atoms with Gasteiger partial charge in [-0.2, -0.15) is 0 Å². The minimum Gasteiger partial charge on any atom is -0.459 e. The summed E-state index contributed by atoms with van der Waals surface area (Å²) in [5.41, 5.74) is 57.1. The van der Waals surface area contributed by atoms with Crippen LogP contribution in [0.1, 0.15) is 56.8 Å². The predicted octanol–water partition coefficient (Wildman–Crippen LogP) is 3.14. The van der Waals surface area contributed by atoms with Crippen LogP contribution in [0, 0.1) is 0 Å². The Hall–Kier alpha value is -7.54. The van der Waals surface area contributed by atoms with E-state index < -0.39 is 178 Å². The van der Waals surface area contributed by atoms with Crippen LogP contribution in [0.2, 0.25) is 0 Å². The average Bonchev–Trinajstić information content (AvgIpc) is 3.61. The summed E-state index contributed by atoms with van der Waals surface area (Å²) in [7, 11) is 0. The Bertz CT molecular complexity index is 2330. The highest BCUT2D eigenvalue weighted by molar-refractivity contribution is 5.75. The standard InChI is InChI=1S/C35H46N18O19.CH4.B.H2/c1-11(55)61-24-17(44-50-38)7-18(45-51-39)25(70-33-22(46-52-40)29(64-14(4)58)26(62-12(2)56)19(67-33)8-42-48-36)31(24)72-35-32(66-16(6)60)28(21(10-54)69-35)71-34-23(47-53-41)30(65-15(5)59)27(63-13(3)57)20(68-34)9-43-49-37;;;/h17-35,54H,7-10H2,1-6H3;1H4;;1H/t17-,18?,19?,20+,21-,22?,23?,24?,25-,26-,27-,28+,29-,30?,31-,32?,33-,34-,35+;;;/m1.../s1/i;;;1+1. The normalized spacial score (nSPS) is 33.7. The highest BCUT2D eigenvalue weighted by Gasteiger charge is 2.59. The number of azide groups is 6. The van der Waals surface area contributed by atoms with Gasteiger partial charge in [0.1, 0.15) is 48.7 Å². The molecule has 0 aromatic rings. The molecule has 0 aromatic carbocycles. The lowest BCUT2D eigenvalue weighted by atomic mass is 9.83. The number of hydrogen-bond donors (Lipinski definition) is 1. The van der Waals surface area contributed by atoms with Crippen molar-refractivity contribution in [3.05, 3.63) is 62.7 Å². The number of nitrogens with zero attached hydrogens (tertiary/aromatic N) is 18. The van der Waals surface area contributed by atoms with E-state index in [0.29, 0.717) is 0 Å². The van der Waals surface area contributed by atoms with Crippen LogP contribution in [0.4, 0.5) is 0 Å². The molecule has 7 unspecified atom stereocenters. The third kappa shape index (κ3) is 16.2. The molecule has 19 atom stereocenters. The van der Waals surface area contributed by atoms with Crippen LogP contribution in [0.15, 0.2) is 30.7 Å². The molecule has 3 heterocycles. The average molecular weight is 1050 g/mol. The van der Waals surface area contributed by atoms with Gasteiger partial charge in [-0.1, -0.05) is 38.1 Å². The molecule has 38 heteroatoms. The van der Waals surface area contributed by atoms with Gasteiger partial charge in [0, 0.05) is 80.9 Å². The zero-order chi connectivity index (χ0) is 53.2. The fraction of sp³-hybridized carbons (Fsp3) is 0.833. The summed E-state index contributed by atoms with van der Waals surface area (Å²) in [6.07, 6.45) is -27.0. The van der Waals surface area contributed by atoms with Crippen molar-refractivity contribution < 1.29 is 92.1 Å². The molecule has 4 fully saturated rings. The van der Waals surface area contributed by atoms with Gasteiger partial charge >= 0.3 is 35.8 Å². The number of hydrogen-bond acceptors (Lipinski definition) is 25. The Kier molecular flexibility index (Phi) is 25.2. The van der Waals surface area contributed by atoms with Gasteiger partial charge in [0.2, 0.25) is 0 Å². The molecule has 1 aliphatic carbocycles. The van der Waals surface area contributed by atoms with Crippen molar-refractivity contribution in [2.45, 2.75) is 172 Å². The van der Waals surface area contributed by atoms with E-state index in [0.717, 1.165) is 41.5 Å². The maximum absolute atomic E-state index is 12.9. The van der Waals surface area contributed by atoms with Gasteiger partial charge < -0.3 is 61.9 Å². The fourth-order valence-electron chi connectivity index (χ4n) is 8.27. The van der Waals surface area contributed by atoms with Crippen LogP contribution < -0.4 is 0 Å². The Morgan fingerprint density at radius 3 is 1.18 bits per heavy atom. The monoisotopic (exact) mass is 1050 g/mol. The van der Waals surface area contributed by atoms with Gasteiger partial charge in [-0.05, 0) is 39.6 Å². The molecule has 37 nitrogen and oxygen atoms in total. The number of esters is 6. The molecule has 1 saturated carbocycles. The van der Waals surface area contributed by atoms with Gasteiger partial charge in [-0.15, -0.1) is 0 Å². The molecule has 0 amide bonds. The molecule has 0 spiro atoms.